The predicted octanol–water partition coefficient (Wildman–Crippen LogP) is 0.684. The Bertz CT molecular complexity index is 301. The van der Waals surface area contributed by atoms with Gasteiger partial charge in [0.2, 0.25) is 6.39 Å². The van der Waals surface area contributed by atoms with Gasteiger partial charge in [0.1, 0.15) is 0 Å². The fourth-order valence-corrected chi connectivity index (χ4v) is 2.13. The van der Waals surface area contributed by atoms with Crippen molar-refractivity contribution >= 4 is 0 Å². The lowest BCUT2D eigenvalue weighted by Gasteiger charge is -2.38. The van der Waals surface area contributed by atoms with Gasteiger partial charge in [-0.3, -0.25) is 4.90 Å². The standard InChI is InChI=1S/C11H20N4O/c1-3-10-7-15(9(2)6-12-10)5-4-11-13-8-16-14-11/h8-10,12H,3-7H2,1-2H3. The summed E-state index contributed by atoms with van der Waals surface area (Å²) >= 11 is 0. The van der Waals surface area contributed by atoms with Gasteiger partial charge in [0.05, 0.1) is 0 Å². The quantitative estimate of drug-likeness (QED) is 0.815. The highest BCUT2D eigenvalue weighted by atomic mass is 16.5. The van der Waals surface area contributed by atoms with Crippen molar-refractivity contribution in [3.63, 3.8) is 0 Å². The van der Waals surface area contributed by atoms with E-state index >= 15 is 0 Å². The van der Waals surface area contributed by atoms with Gasteiger partial charge in [-0.25, -0.2) is 0 Å². The average Bonchev–Trinajstić information content (AvgIpc) is 2.81. The lowest BCUT2D eigenvalue weighted by Crippen LogP contribution is -2.55. The Labute approximate surface area is 96.2 Å². The fraction of sp³-hybridized carbons (Fsp3) is 0.818. The number of piperazine rings is 1. The van der Waals surface area contributed by atoms with Gasteiger partial charge in [-0.1, -0.05) is 12.1 Å². The summed E-state index contributed by atoms with van der Waals surface area (Å²) in [6, 6.07) is 1.22. The third kappa shape index (κ3) is 2.80. The Kier molecular flexibility index (Phi) is 3.90. The van der Waals surface area contributed by atoms with Crippen LogP contribution in [-0.4, -0.2) is 46.8 Å². The number of aromatic nitrogens is 2. The maximum absolute atomic E-state index is 4.73. The molecule has 5 heteroatoms. The topological polar surface area (TPSA) is 54.2 Å². The van der Waals surface area contributed by atoms with Gasteiger partial charge in [-0.15, -0.1) is 0 Å². The molecule has 2 heterocycles. The molecule has 0 spiro atoms. The molecule has 1 saturated heterocycles. The minimum absolute atomic E-state index is 0.592. The first-order valence-electron chi connectivity index (χ1n) is 6.02. The molecule has 1 aromatic rings. The zero-order chi connectivity index (χ0) is 11.4. The van der Waals surface area contributed by atoms with Crippen molar-refractivity contribution in [1.29, 1.82) is 0 Å². The van der Waals surface area contributed by atoms with Crippen molar-refractivity contribution in [1.82, 2.24) is 20.4 Å². The molecule has 1 aliphatic rings. The van der Waals surface area contributed by atoms with Gasteiger partial charge in [-0.05, 0) is 13.3 Å². The first kappa shape index (κ1) is 11.5. The summed E-state index contributed by atoms with van der Waals surface area (Å²) in [5.41, 5.74) is 0. The van der Waals surface area contributed by atoms with Gasteiger partial charge in [-0.2, -0.15) is 4.98 Å². The molecule has 0 amide bonds. The molecule has 1 fully saturated rings. The van der Waals surface area contributed by atoms with Crippen LogP contribution in [0.2, 0.25) is 0 Å². The highest BCUT2D eigenvalue weighted by molar-refractivity contribution is 4.86. The first-order chi connectivity index (χ1) is 7.79. The van der Waals surface area contributed by atoms with E-state index in [1.54, 1.807) is 0 Å². The molecule has 1 aromatic heterocycles. The summed E-state index contributed by atoms with van der Waals surface area (Å²) in [6.45, 7) is 7.69. The SMILES string of the molecule is CCC1CN(CCc2ncon2)C(C)CN1. The zero-order valence-electron chi connectivity index (χ0n) is 10.0. The largest absolute Gasteiger partial charge is 0.343 e. The molecule has 2 atom stereocenters. The lowest BCUT2D eigenvalue weighted by atomic mass is 10.1. The Morgan fingerprint density at radius 3 is 3.19 bits per heavy atom. The Balaban J connectivity index is 1.82. The Morgan fingerprint density at radius 2 is 2.50 bits per heavy atom. The molecular weight excluding hydrogens is 204 g/mol. The van der Waals surface area contributed by atoms with Crippen LogP contribution in [0.1, 0.15) is 26.1 Å². The summed E-state index contributed by atoms with van der Waals surface area (Å²) in [4.78, 5) is 6.55. The minimum Gasteiger partial charge on any atom is -0.343 e. The maximum atomic E-state index is 4.73. The zero-order valence-corrected chi connectivity index (χ0v) is 10.0. The van der Waals surface area contributed by atoms with Crippen molar-refractivity contribution in [2.45, 2.75) is 38.8 Å². The van der Waals surface area contributed by atoms with Crippen LogP contribution >= 0.6 is 0 Å². The molecule has 0 aliphatic carbocycles. The molecule has 16 heavy (non-hydrogen) atoms. The van der Waals surface area contributed by atoms with E-state index in [0.717, 1.165) is 31.9 Å². The summed E-state index contributed by atoms with van der Waals surface area (Å²) in [5, 5.41) is 7.39. The van der Waals surface area contributed by atoms with Crippen molar-refractivity contribution < 1.29 is 4.52 Å². The fourth-order valence-electron chi connectivity index (χ4n) is 2.13. The van der Waals surface area contributed by atoms with Gasteiger partial charge >= 0.3 is 0 Å². The number of rotatable bonds is 4. The molecular formula is C11H20N4O. The summed E-state index contributed by atoms with van der Waals surface area (Å²) in [7, 11) is 0. The lowest BCUT2D eigenvalue weighted by molar-refractivity contribution is 0.140. The normalized spacial score (nSPS) is 27.1. The number of nitrogens with one attached hydrogen (secondary N) is 1. The van der Waals surface area contributed by atoms with Crippen LogP contribution in [0, 0.1) is 0 Å². The average molecular weight is 224 g/mol. The highest BCUT2D eigenvalue weighted by Gasteiger charge is 2.23. The maximum Gasteiger partial charge on any atom is 0.213 e. The Morgan fingerprint density at radius 1 is 1.62 bits per heavy atom. The van der Waals surface area contributed by atoms with Crippen LogP contribution < -0.4 is 5.32 Å². The predicted molar refractivity (Wildman–Crippen MR) is 61.1 cm³/mol. The molecule has 2 unspecified atom stereocenters. The van der Waals surface area contributed by atoms with Gasteiger partial charge in [0, 0.05) is 38.1 Å². The van der Waals surface area contributed by atoms with E-state index in [9.17, 15) is 0 Å². The van der Waals surface area contributed by atoms with Crippen molar-refractivity contribution in [2.75, 3.05) is 19.6 Å². The van der Waals surface area contributed by atoms with E-state index in [2.05, 4.69) is 34.2 Å². The molecule has 5 nitrogen and oxygen atoms in total. The third-order valence-electron chi connectivity index (χ3n) is 3.30. The Hall–Kier alpha value is -0.940. The molecule has 2 rings (SSSR count). The number of hydrogen-bond acceptors (Lipinski definition) is 5. The van der Waals surface area contributed by atoms with Crippen LogP contribution in [0.3, 0.4) is 0 Å². The molecule has 1 aliphatic heterocycles. The minimum atomic E-state index is 0.592. The molecule has 90 valence electrons. The van der Waals surface area contributed by atoms with Gasteiger partial charge in [0.25, 0.3) is 0 Å². The summed E-state index contributed by atoms with van der Waals surface area (Å²) in [5.74, 6) is 0.804. The van der Waals surface area contributed by atoms with Crippen LogP contribution in [0.25, 0.3) is 0 Å². The molecule has 0 radical (unpaired) electrons. The van der Waals surface area contributed by atoms with E-state index in [1.165, 1.54) is 12.8 Å². The van der Waals surface area contributed by atoms with Crippen LogP contribution in [-0.2, 0) is 6.42 Å². The summed E-state index contributed by atoms with van der Waals surface area (Å²) < 4.78 is 4.73. The summed E-state index contributed by atoms with van der Waals surface area (Å²) in [6.07, 6.45) is 3.45. The van der Waals surface area contributed by atoms with E-state index in [-0.39, 0.29) is 0 Å². The molecule has 0 bridgehead atoms. The first-order valence-corrected chi connectivity index (χ1v) is 6.02. The van der Waals surface area contributed by atoms with Gasteiger partial charge < -0.3 is 9.84 Å². The van der Waals surface area contributed by atoms with E-state index < -0.39 is 0 Å². The monoisotopic (exact) mass is 224 g/mol. The second kappa shape index (κ2) is 5.41. The smallest absolute Gasteiger partial charge is 0.213 e. The number of nitrogens with zero attached hydrogens (tertiary/aromatic N) is 3. The second-order valence-electron chi connectivity index (χ2n) is 4.45. The van der Waals surface area contributed by atoms with Crippen LogP contribution in [0.15, 0.2) is 10.9 Å². The van der Waals surface area contributed by atoms with Crippen LogP contribution in [0.4, 0.5) is 0 Å². The number of hydrogen-bond donors (Lipinski definition) is 1. The van der Waals surface area contributed by atoms with Crippen molar-refractivity contribution in [2.24, 2.45) is 0 Å². The molecule has 0 saturated carbocycles. The van der Waals surface area contributed by atoms with E-state index in [4.69, 9.17) is 4.52 Å². The van der Waals surface area contributed by atoms with E-state index in [1.807, 2.05) is 0 Å². The van der Waals surface area contributed by atoms with Crippen molar-refractivity contribution in [3.8, 4) is 0 Å². The molecule has 1 N–H and O–H groups in total. The third-order valence-corrected chi connectivity index (χ3v) is 3.30. The second-order valence-corrected chi connectivity index (χ2v) is 4.45. The highest BCUT2D eigenvalue weighted by Crippen LogP contribution is 2.09. The van der Waals surface area contributed by atoms with Crippen LogP contribution in [0.5, 0.6) is 0 Å². The van der Waals surface area contributed by atoms with Gasteiger partial charge in [0.15, 0.2) is 5.82 Å². The van der Waals surface area contributed by atoms with Crippen molar-refractivity contribution in [3.05, 3.63) is 12.2 Å². The molecule has 0 aromatic carbocycles. The van der Waals surface area contributed by atoms with E-state index in [0.29, 0.717) is 12.1 Å².